The van der Waals surface area contributed by atoms with E-state index < -0.39 is 0 Å². The third kappa shape index (κ3) is 3.16. The van der Waals surface area contributed by atoms with Crippen molar-refractivity contribution in [2.24, 2.45) is 17.8 Å². The summed E-state index contributed by atoms with van der Waals surface area (Å²) in [4.78, 5) is 0. The summed E-state index contributed by atoms with van der Waals surface area (Å²) >= 11 is 0. The van der Waals surface area contributed by atoms with E-state index in [2.05, 4.69) is 20.8 Å². The summed E-state index contributed by atoms with van der Waals surface area (Å²) in [5.41, 5.74) is 0. The van der Waals surface area contributed by atoms with Crippen molar-refractivity contribution in [3.8, 4) is 0 Å². The lowest BCUT2D eigenvalue weighted by molar-refractivity contribution is 0.174. The highest BCUT2D eigenvalue weighted by Crippen LogP contribution is 2.35. The molecule has 12 heavy (non-hydrogen) atoms. The van der Waals surface area contributed by atoms with Crippen molar-refractivity contribution in [3.05, 3.63) is 0 Å². The summed E-state index contributed by atoms with van der Waals surface area (Å²) < 4.78 is 0. The van der Waals surface area contributed by atoms with Gasteiger partial charge >= 0.3 is 0 Å². The molecule has 2 unspecified atom stereocenters. The largest absolute Gasteiger partial charge is 0.0683 e. The smallest absolute Gasteiger partial charge is 0.0365 e. The van der Waals surface area contributed by atoms with Crippen molar-refractivity contribution < 1.29 is 0 Å². The second kappa shape index (κ2) is 6.51. The summed E-state index contributed by atoms with van der Waals surface area (Å²) in [6.07, 6.45) is 5.81. The highest BCUT2D eigenvalue weighted by Gasteiger charge is 2.25. The summed E-state index contributed by atoms with van der Waals surface area (Å²) in [6, 6.07) is 0. The molecule has 1 aliphatic rings. The molecule has 0 N–H and O–H groups in total. The number of hydrogen-bond acceptors (Lipinski definition) is 0. The van der Waals surface area contributed by atoms with Gasteiger partial charge in [-0.15, -0.1) is 0 Å². The van der Waals surface area contributed by atoms with Crippen LogP contribution in [0.3, 0.4) is 0 Å². The average molecular weight is 170 g/mol. The molecule has 0 bridgehead atoms. The van der Waals surface area contributed by atoms with E-state index in [9.17, 15) is 0 Å². The molecule has 0 aromatic heterocycles. The molecule has 0 amide bonds. The Balaban J connectivity index is 0.000000561. The topological polar surface area (TPSA) is 0 Å². The zero-order valence-electron chi connectivity index (χ0n) is 9.56. The Labute approximate surface area is 78.8 Å². The van der Waals surface area contributed by atoms with Crippen LogP contribution in [0.4, 0.5) is 0 Å². The fraction of sp³-hybridized carbons (Fsp3) is 1.00. The normalized spacial score (nSPS) is 35.2. The standard InChI is InChI=1S/C10H20.C2H6/c1-4-10-8(2)6-5-7-9(10)3;1-2/h8-10H,4-7H2,1-3H3;1-2H3. The van der Waals surface area contributed by atoms with Crippen molar-refractivity contribution in [1.82, 2.24) is 0 Å². The van der Waals surface area contributed by atoms with Gasteiger partial charge in [-0.2, -0.15) is 0 Å². The van der Waals surface area contributed by atoms with Gasteiger partial charge in [0.25, 0.3) is 0 Å². The zero-order valence-corrected chi connectivity index (χ0v) is 9.56. The van der Waals surface area contributed by atoms with Gasteiger partial charge in [0.1, 0.15) is 0 Å². The first-order valence-electron chi connectivity index (χ1n) is 5.75. The molecule has 0 aliphatic heterocycles. The first-order chi connectivity index (χ1) is 5.75. The average Bonchev–Trinajstić information content (AvgIpc) is 2.08. The SMILES string of the molecule is CC.CCC1C(C)CCCC1C. The molecule has 0 heteroatoms. The van der Waals surface area contributed by atoms with Crippen LogP contribution in [0.2, 0.25) is 0 Å². The molecule has 1 rings (SSSR count). The molecule has 0 radical (unpaired) electrons. The van der Waals surface area contributed by atoms with E-state index in [1.807, 2.05) is 13.8 Å². The van der Waals surface area contributed by atoms with Gasteiger partial charge in [0, 0.05) is 0 Å². The van der Waals surface area contributed by atoms with Crippen molar-refractivity contribution in [3.63, 3.8) is 0 Å². The highest BCUT2D eigenvalue weighted by molar-refractivity contribution is 4.76. The molecule has 2 atom stereocenters. The third-order valence-corrected chi connectivity index (χ3v) is 3.25. The van der Waals surface area contributed by atoms with Crippen molar-refractivity contribution >= 4 is 0 Å². The quantitative estimate of drug-likeness (QED) is 0.543. The van der Waals surface area contributed by atoms with E-state index in [4.69, 9.17) is 0 Å². The molecule has 0 saturated heterocycles. The Bertz CT molecular complexity index is 86.2. The van der Waals surface area contributed by atoms with Crippen LogP contribution in [0.1, 0.15) is 60.3 Å². The molecule has 0 aromatic rings. The zero-order chi connectivity index (χ0) is 9.56. The monoisotopic (exact) mass is 170 g/mol. The Morgan fingerprint density at radius 1 is 1.00 bits per heavy atom. The molecule has 0 spiro atoms. The predicted molar refractivity (Wildman–Crippen MR) is 57.3 cm³/mol. The number of hydrogen-bond donors (Lipinski definition) is 0. The van der Waals surface area contributed by atoms with E-state index in [-0.39, 0.29) is 0 Å². The second-order valence-corrected chi connectivity index (χ2v) is 3.96. The van der Waals surface area contributed by atoms with Gasteiger partial charge < -0.3 is 0 Å². The molecular weight excluding hydrogens is 144 g/mol. The van der Waals surface area contributed by atoms with Crippen LogP contribution < -0.4 is 0 Å². The van der Waals surface area contributed by atoms with Crippen LogP contribution in [0.25, 0.3) is 0 Å². The molecule has 1 fully saturated rings. The van der Waals surface area contributed by atoms with Crippen LogP contribution in [0.15, 0.2) is 0 Å². The maximum Gasteiger partial charge on any atom is -0.0365 e. The van der Waals surface area contributed by atoms with Crippen molar-refractivity contribution in [1.29, 1.82) is 0 Å². The third-order valence-electron chi connectivity index (χ3n) is 3.25. The summed E-state index contributed by atoms with van der Waals surface area (Å²) in [6.45, 7) is 11.2. The first kappa shape index (κ1) is 12.0. The Kier molecular flexibility index (Phi) is 6.51. The lowest BCUT2D eigenvalue weighted by Gasteiger charge is -2.33. The second-order valence-electron chi connectivity index (χ2n) is 3.96. The fourth-order valence-corrected chi connectivity index (χ4v) is 2.56. The van der Waals surface area contributed by atoms with Crippen LogP contribution in [0.5, 0.6) is 0 Å². The molecule has 1 aliphatic carbocycles. The predicted octanol–water partition coefficient (Wildman–Crippen LogP) is 4.49. The van der Waals surface area contributed by atoms with E-state index in [0.29, 0.717) is 0 Å². The lowest BCUT2D eigenvalue weighted by Crippen LogP contribution is -2.23. The molecule has 0 aromatic carbocycles. The number of rotatable bonds is 1. The van der Waals surface area contributed by atoms with E-state index in [1.165, 1.54) is 25.7 Å². The molecular formula is C12H26. The van der Waals surface area contributed by atoms with Gasteiger partial charge in [0.15, 0.2) is 0 Å². The van der Waals surface area contributed by atoms with E-state index >= 15 is 0 Å². The van der Waals surface area contributed by atoms with E-state index in [0.717, 1.165) is 17.8 Å². The maximum atomic E-state index is 2.42. The molecule has 74 valence electrons. The van der Waals surface area contributed by atoms with Gasteiger partial charge in [0.05, 0.1) is 0 Å². The van der Waals surface area contributed by atoms with Crippen LogP contribution in [0, 0.1) is 17.8 Å². The van der Waals surface area contributed by atoms with E-state index in [1.54, 1.807) is 0 Å². The molecule has 0 nitrogen and oxygen atoms in total. The van der Waals surface area contributed by atoms with Gasteiger partial charge in [-0.05, 0) is 17.8 Å². The summed E-state index contributed by atoms with van der Waals surface area (Å²) in [5, 5.41) is 0. The Morgan fingerprint density at radius 2 is 1.42 bits per heavy atom. The van der Waals surface area contributed by atoms with Gasteiger partial charge in [-0.3, -0.25) is 0 Å². The summed E-state index contributed by atoms with van der Waals surface area (Å²) in [5.74, 6) is 3.01. The minimum Gasteiger partial charge on any atom is -0.0683 e. The van der Waals surface area contributed by atoms with Crippen molar-refractivity contribution in [2.75, 3.05) is 0 Å². The lowest BCUT2D eigenvalue weighted by atomic mass is 9.72. The minimum atomic E-state index is 0.994. The van der Waals surface area contributed by atoms with Crippen LogP contribution in [-0.4, -0.2) is 0 Å². The molecule has 1 saturated carbocycles. The Morgan fingerprint density at radius 3 is 1.67 bits per heavy atom. The Hall–Kier alpha value is 0. The van der Waals surface area contributed by atoms with Gasteiger partial charge in [-0.25, -0.2) is 0 Å². The minimum absolute atomic E-state index is 0.994. The maximum absolute atomic E-state index is 2.42. The van der Waals surface area contributed by atoms with Gasteiger partial charge in [-0.1, -0.05) is 60.3 Å². The fourth-order valence-electron chi connectivity index (χ4n) is 2.56. The van der Waals surface area contributed by atoms with Crippen molar-refractivity contribution in [2.45, 2.75) is 60.3 Å². The highest BCUT2D eigenvalue weighted by atomic mass is 14.3. The first-order valence-corrected chi connectivity index (χ1v) is 5.75. The summed E-state index contributed by atoms with van der Waals surface area (Å²) in [7, 11) is 0. The van der Waals surface area contributed by atoms with Gasteiger partial charge in [0.2, 0.25) is 0 Å². The molecule has 0 heterocycles. The van der Waals surface area contributed by atoms with Crippen LogP contribution in [-0.2, 0) is 0 Å². The van der Waals surface area contributed by atoms with Crippen LogP contribution >= 0.6 is 0 Å².